The molecule has 4 heteroatoms. The second-order valence-corrected chi connectivity index (χ2v) is 4.33. The minimum atomic E-state index is -0.912. The maximum Gasteiger partial charge on any atom is 0.333 e. The molecule has 1 N–H and O–H groups in total. The quantitative estimate of drug-likeness (QED) is 0.698. The molecule has 1 aromatic rings. The summed E-state index contributed by atoms with van der Waals surface area (Å²) in [5.74, 6) is -0.116. The highest BCUT2D eigenvalue weighted by Gasteiger charge is 2.18. The highest BCUT2D eigenvalue weighted by Crippen LogP contribution is 2.14. The van der Waals surface area contributed by atoms with Gasteiger partial charge in [0.25, 0.3) is 0 Å². The molecule has 19 heavy (non-hydrogen) atoms. The first-order valence-electron chi connectivity index (χ1n) is 6.73. The molecule has 0 spiro atoms. The lowest BCUT2D eigenvalue weighted by molar-refractivity contribution is -0.150. The highest BCUT2D eigenvalue weighted by molar-refractivity contribution is 5.72. The summed E-state index contributed by atoms with van der Waals surface area (Å²) in [6.45, 7) is 5.09. The number of carbonyl (C=O) groups is 1. The van der Waals surface area contributed by atoms with E-state index in [-0.39, 0.29) is 0 Å². The number of benzene rings is 1. The van der Waals surface area contributed by atoms with Crippen LogP contribution in [-0.4, -0.2) is 30.4 Å². The predicted octanol–water partition coefficient (Wildman–Crippen LogP) is 2.90. The van der Waals surface area contributed by atoms with Gasteiger partial charge in [0.05, 0.1) is 6.61 Å². The van der Waals surface area contributed by atoms with Gasteiger partial charge in [-0.25, -0.2) is 4.79 Å². The van der Waals surface area contributed by atoms with Gasteiger partial charge in [0.15, 0.2) is 6.10 Å². The maximum absolute atomic E-state index is 11.1. The number of rotatable bonds is 9. The van der Waals surface area contributed by atoms with Crippen molar-refractivity contribution < 1.29 is 19.4 Å². The molecule has 0 saturated heterocycles. The van der Waals surface area contributed by atoms with E-state index in [1.807, 2.05) is 38.1 Å². The van der Waals surface area contributed by atoms with Gasteiger partial charge < -0.3 is 14.6 Å². The molecule has 0 fully saturated rings. The van der Waals surface area contributed by atoms with E-state index < -0.39 is 12.1 Å². The molecule has 0 radical (unpaired) electrons. The van der Waals surface area contributed by atoms with Crippen LogP contribution in [0.5, 0.6) is 5.75 Å². The van der Waals surface area contributed by atoms with Crippen LogP contribution in [0.3, 0.4) is 0 Å². The van der Waals surface area contributed by atoms with Crippen molar-refractivity contribution in [3.63, 3.8) is 0 Å². The molecule has 0 saturated carbocycles. The van der Waals surface area contributed by atoms with Crippen molar-refractivity contribution in [1.82, 2.24) is 0 Å². The smallest absolute Gasteiger partial charge is 0.333 e. The monoisotopic (exact) mass is 266 g/mol. The average Bonchev–Trinajstić information content (AvgIpc) is 2.40. The van der Waals surface area contributed by atoms with Gasteiger partial charge in [-0.05, 0) is 31.0 Å². The van der Waals surface area contributed by atoms with Crippen LogP contribution in [0.4, 0.5) is 0 Å². The first kappa shape index (κ1) is 15.5. The Kier molecular flexibility index (Phi) is 6.97. The summed E-state index contributed by atoms with van der Waals surface area (Å²) in [4.78, 5) is 11.1. The Morgan fingerprint density at radius 2 is 1.95 bits per heavy atom. The highest BCUT2D eigenvalue weighted by atomic mass is 16.5. The number of aliphatic carboxylic acids is 1. The van der Waals surface area contributed by atoms with Crippen LogP contribution < -0.4 is 4.74 Å². The van der Waals surface area contributed by atoms with Crippen molar-refractivity contribution in [2.75, 3.05) is 13.2 Å². The third kappa shape index (κ3) is 5.75. The number of ether oxygens (including phenoxy) is 2. The van der Waals surface area contributed by atoms with Gasteiger partial charge >= 0.3 is 5.97 Å². The van der Waals surface area contributed by atoms with Crippen LogP contribution in [0, 0.1) is 0 Å². The molecule has 4 nitrogen and oxygen atoms in total. The maximum atomic E-state index is 11.1. The van der Waals surface area contributed by atoms with E-state index in [1.165, 1.54) is 0 Å². The number of hydrogen-bond donors (Lipinski definition) is 1. The van der Waals surface area contributed by atoms with Gasteiger partial charge in [0, 0.05) is 13.0 Å². The third-order valence-corrected chi connectivity index (χ3v) is 2.75. The summed E-state index contributed by atoms with van der Waals surface area (Å²) in [7, 11) is 0. The summed E-state index contributed by atoms with van der Waals surface area (Å²) in [5.41, 5.74) is 0.937. The first-order chi connectivity index (χ1) is 9.17. The van der Waals surface area contributed by atoms with E-state index in [0.29, 0.717) is 19.6 Å². The van der Waals surface area contributed by atoms with Crippen LogP contribution in [0.15, 0.2) is 24.3 Å². The van der Waals surface area contributed by atoms with E-state index in [1.54, 1.807) is 0 Å². The van der Waals surface area contributed by atoms with Crippen molar-refractivity contribution in [3.8, 4) is 5.75 Å². The zero-order valence-corrected chi connectivity index (χ0v) is 11.6. The van der Waals surface area contributed by atoms with Gasteiger partial charge in [-0.1, -0.05) is 25.5 Å². The van der Waals surface area contributed by atoms with Gasteiger partial charge in [-0.15, -0.1) is 0 Å². The van der Waals surface area contributed by atoms with Crippen molar-refractivity contribution in [2.24, 2.45) is 0 Å². The van der Waals surface area contributed by atoms with Gasteiger partial charge in [0.1, 0.15) is 5.75 Å². The van der Waals surface area contributed by atoms with Crippen molar-refractivity contribution in [3.05, 3.63) is 29.8 Å². The third-order valence-electron chi connectivity index (χ3n) is 2.75. The Bertz CT molecular complexity index is 372. The van der Waals surface area contributed by atoms with Gasteiger partial charge in [0.2, 0.25) is 0 Å². The minimum Gasteiger partial charge on any atom is -0.494 e. The molecule has 0 aliphatic heterocycles. The molecule has 0 amide bonds. The lowest BCUT2D eigenvalue weighted by Crippen LogP contribution is -2.26. The van der Waals surface area contributed by atoms with Crippen LogP contribution in [0.2, 0.25) is 0 Å². The summed E-state index contributed by atoms with van der Waals surface area (Å²) < 4.78 is 10.7. The largest absolute Gasteiger partial charge is 0.494 e. The summed E-state index contributed by atoms with van der Waals surface area (Å²) in [6, 6.07) is 7.46. The standard InChI is InChI=1S/C15H22O4/c1-3-5-10-19-14(15(16)17)11-12-6-8-13(9-7-12)18-4-2/h6-9,14H,3-5,10-11H2,1-2H3,(H,16,17). The zero-order valence-electron chi connectivity index (χ0n) is 11.6. The van der Waals surface area contributed by atoms with Gasteiger partial charge in [-0.2, -0.15) is 0 Å². The van der Waals surface area contributed by atoms with Crippen molar-refractivity contribution in [2.45, 2.75) is 39.2 Å². The molecule has 0 aliphatic rings. The minimum absolute atomic E-state index is 0.380. The topological polar surface area (TPSA) is 55.8 Å². The van der Waals surface area contributed by atoms with Crippen molar-refractivity contribution in [1.29, 1.82) is 0 Å². The fourth-order valence-electron chi connectivity index (χ4n) is 1.69. The molecule has 0 heterocycles. The average molecular weight is 266 g/mol. The van der Waals surface area contributed by atoms with Crippen LogP contribution in [0.1, 0.15) is 32.3 Å². The Labute approximate surface area is 114 Å². The molecule has 0 aliphatic carbocycles. The van der Waals surface area contributed by atoms with Crippen LogP contribution in [-0.2, 0) is 16.0 Å². The van der Waals surface area contributed by atoms with E-state index in [9.17, 15) is 4.79 Å². The van der Waals surface area contributed by atoms with E-state index in [4.69, 9.17) is 14.6 Å². The van der Waals surface area contributed by atoms with Crippen molar-refractivity contribution >= 4 is 5.97 Å². The van der Waals surface area contributed by atoms with E-state index in [2.05, 4.69) is 0 Å². The molecule has 0 aromatic heterocycles. The second kappa shape index (κ2) is 8.53. The molecule has 1 atom stereocenters. The zero-order chi connectivity index (χ0) is 14.1. The molecular weight excluding hydrogens is 244 g/mol. The lowest BCUT2D eigenvalue weighted by Gasteiger charge is -2.13. The Hall–Kier alpha value is -1.55. The fourth-order valence-corrected chi connectivity index (χ4v) is 1.69. The van der Waals surface area contributed by atoms with Crippen LogP contribution in [0.25, 0.3) is 0 Å². The number of unbranched alkanes of at least 4 members (excludes halogenated alkanes) is 1. The Morgan fingerprint density at radius 1 is 1.26 bits per heavy atom. The summed E-state index contributed by atoms with van der Waals surface area (Å²) in [5, 5.41) is 9.12. The second-order valence-electron chi connectivity index (χ2n) is 4.33. The summed E-state index contributed by atoms with van der Waals surface area (Å²) >= 11 is 0. The van der Waals surface area contributed by atoms with E-state index >= 15 is 0 Å². The number of hydrogen-bond acceptors (Lipinski definition) is 3. The van der Waals surface area contributed by atoms with Crippen LogP contribution >= 0.6 is 0 Å². The molecule has 0 bridgehead atoms. The van der Waals surface area contributed by atoms with E-state index in [0.717, 1.165) is 24.2 Å². The molecule has 106 valence electrons. The Morgan fingerprint density at radius 3 is 2.47 bits per heavy atom. The molecule has 1 unspecified atom stereocenters. The predicted molar refractivity (Wildman–Crippen MR) is 73.6 cm³/mol. The molecule has 1 rings (SSSR count). The van der Waals surface area contributed by atoms with Gasteiger partial charge in [-0.3, -0.25) is 0 Å². The molecule has 1 aromatic carbocycles. The Balaban J connectivity index is 2.55. The fraction of sp³-hybridized carbons (Fsp3) is 0.533. The summed E-state index contributed by atoms with van der Waals surface area (Å²) in [6.07, 6.45) is 1.48. The molecular formula is C15H22O4. The number of carboxylic acid groups (broad SMARTS) is 1. The first-order valence-corrected chi connectivity index (χ1v) is 6.73. The number of carboxylic acids is 1. The lowest BCUT2D eigenvalue weighted by atomic mass is 10.1. The normalized spacial score (nSPS) is 12.1. The SMILES string of the molecule is CCCCOC(Cc1ccc(OCC)cc1)C(=O)O.